The maximum atomic E-state index is 11.0. The Kier molecular flexibility index (Phi) is 5.94. The number of aromatic nitrogens is 1. The van der Waals surface area contributed by atoms with Gasteiger partial charge in [-0.1, -0.05) is 25.4 Å². The molecule has 0 aliphatic heterocycles. The number of carboxylic acid groups (broad SMARTS) is 1. The third-order valence-electron chi connectivity index (χ3n) is 3.36. The Morgan fingerprint density at radius 3 is 2.58 bits per heavy atom. The number of halogens is 1. The molecule has 1 aromatic heterocycles. The highest BCUT2D eigenvalue weighted by atomic mass is 35.5. The Hall–Kier alpha value is -0.940. The Morgan fingerprint density at radius 1 is 1.47 bits per heavy atom. The smallest absolute Gasteiger partial charge is 0.356 e. The molecule has 0 aliphatic rings. The number of rotatable bonds is 7. The van der Waals surface area contributed by atoms with Gasteiger partial charge in [0.05, 0.1) is 5.02 Å². The van der Waals surface area contributed by atoms with Crippen LogP contribution in [0.4, 0.5) is 5.82 Å². The predicted molar refractivity (Wildman–Crippen MR) is 81.5 cm³/mol. The normalized spacial score (nSPS) is 11.4. The molecule has 0 aliphatic carbocycles. The molecule has 0 bridgehead atoms. The summed E-state index contributed by atoms with van der Waals surface area (Å²) in [6, 6.07) is 3.25. The van der Waals surface area contributed by atoms with Crippen molar-refractivity contribution >= 4 is 35.1 Å². The number of thioether (sulfide) groups is 1. The minimum atomic E-state index is -1.12. The standard InChI is InChI=1S/C13H19ClN2O2S/c1-4-13(5-2,19-3)8-15-10-7-6-9(14)11(16-10)12(17)18/h6-7H,4-5,8H2,1-3H3,(H,15,16)(H,17,18). The Bertz CT molecular complexity index is 442. The SMILES string of the molecule is CCC(CC)(CNc1ccc(Cl)c(C(=O)O)n1)SC. The second kappa shape index (κ2) is 7.01. The summed E-state index contributed by atoms with van der Waals surface area (Å²) in [5, 5.41) is 12.3. The molecule has 1 heterocycles. The van der Waals surface area contributed by atoms with Gasteiger partial charge in [0.1, 0.15) is 5.82 Å². The molecule has 0 aromatic carbocycles. The summed E-state index contributed by atoms with van der Waals surface area (Å²) in [5.41, 5.74) is -0.116. The molecular weight excluding hydrogens is 284 g/mol. The highest BCUT2D eigenvalue weighted by Gasteiger charge is 2.24. The van der Waals surface area contributed by atoms with Crippen LogP contribution in [-0.2, 0) is 0 Å². The summed E-state index contributed by atoms with van der Waals surface area (Å²) < 4.78 is 0.144. The van der Waals surface area contributed by atoms with E-state index in [-0.39, 0.29) is 15.5 Å². The van der Waals surface area contributed by atoms with E-state index in [4.69, 9.17) is 16.7 Å². The molecule has 4 nitrogen and oxygen atoms in total. The Balaban J connectivity index is 2.83. The average molecular weight is 303 g/mol. The highest BCUT2D eigenvalue weighted by molar-refractivity contribution is 8.00. The van der Waals surface area contributed by atoms with Gasteiger partial charge in [-0.3, -0.25) is 0 Å². The van der Waals surface area contributed by atoms with Crippen molar-refractivity contribution in [2.24, 2.45) is 0 Å². The minimum absolute atomic E-state index is 0.116. The first-order valence-corrected chi connectivity index (χ1v) is 7.77. The predicted octanol–water partition coefficient (Wildman–Crippen LogP) is 3.77. The molecule has 19 heavy (non-hydrogen) atoms. The van der Waals surface area contributed by atoms with Crippen LogP contribution in [0.1, 0.15) is 37.2 Å². The zero-order valence-corrected chi connectivity index (χ0v) is 12.9. The second-order valence-corrected chi connectivity index (χ2v) is 5.96. The van der Waals surface area contributed by atoms with E-state index in [1.165, 1.54) is 0 Å². The summed E-state index contributed by atoms with van der Waals surface area (Å²) >= 11 is 7.61. The number of nitrogens with zero attached hydrogens (tertiary/aromatic N) is 1. The molecule has 106 valence electrons. The molecule has 0 unspecified atom stereocenters. The first-order chi connectivity index (χ1) is 8.98. The van der Waals surface area contributed by atoms with Gasteiger partial charge in [-0.15, -0.1) is 0 Å². The summed E-state index contributed by atoms with van der Waals surface area (Å²) in [5.74, 6) is -0.571. The molecule has 0 saturated heterocycles. The van der Waals surface area contributed by atoms with E-state index in [0.717, 1.165) is 19.4 Å². The number of hydrogen-bond acceptors (Lipinski definition) is 4. The molecule has 2 N–H and O–H groups in total. The second-order valence-electron chi connectivity index (χ2n) is 4.28. The van der Waals surface area contributed by atoms with Gasteiger partial charge in [-0.2, -0.15) is 11.8 Å². The van der Waals surface area contributed by atoms with Gasteiger partial charge in [0.15, 0.2) is 5.69 Å². The van der Waals surface area contributed by atoms with Crippen LogP contribution >= 0.6 is 23.4 Å². The maximum Gasteiger partial charge on any atom is 0.356 e. The van der Waals surface area contributed by atoms with E-state index in [9.17, 15) is 4.79 Å². The minimum Gasteiger partial charge on any atom is -0.476 e. The topological polar surface area (TPSA) is 62.2 Å². The van der Waals surface area contributed by atoms with Gasteiger partial charge in [0, 0.05) is 11.3 Å². The van der Waals surface area contributed by atoms with E-state index in [1.807, 2.05) is 11.8 Å². The van der Waals surface area contributed by atoms with Crippen LogP contribution in [0.5, 0.6) is 0 Å². The number of carbonyl (C=O) groups is 1. The van der Waals surface area contributed by atoms with Gasteiger partial charge in [0.2, 0.25) is 0 Å². The number of anilines is 1. The third kappa shape index (κ3) is 4.01. The van der Waals surface area contributed by atoms with Gasteiger partial charge in [0.25, 0.3) is 0 Å². The summed E-state index contributed by atoms with van der Waals surface area (Å²) in [6.07, 6.45) is 4.17. The van der Waals surface area contributed by atoms with E-state index < -0.39 is 5.97 Å². The summed E-state index contributed by atoms with van der Waals surface area (Å²) in [6.45, 7) is 5.05. The maximum absolute atomic E-state index is 11.0. The lowest BCUT2D eigenvalue weighted by Gasteiger charge is -2.30. The molecule has 0 spiro atoms. The molecular formula is C13H19ClN2O2S. The van der Waals surface area contributed by atoms with Crippen LogP contribution in [0.15, 0.2) is 12.1 Å². The first kappa shape index (κ1) is 16.1. The van der Waals surface area contributed by atoms with Gasteiger partial charge >= 0.3 is 5.97 Å². The molecule has 0 amide bonds. The average Bonchev–Trinajstić information content (AvgIpc) is 2.42. The van der Waals surface area contributed by atoms with Crippen molar-refractivity contribution in [2.45, 2.75) is 31.4 Å². The number of carboxylic acids is 1. The van der Waals surface area contributed by atoms with Crippen LogP contribution in [0.25, 0.3) is 0 Å². The van der Waals surface area contributed by atoms with Crippen molar-refractivity contribution in [1.82, 2.24) is 4.98 Å². The van der Waals surface area contributed by atoms with Crippen LogP contribution in [0.2, 0.25) is 5.02 Å². The molecule has 1 rings (SSSR count). The van der Waals surface area contributed by atoms with Crippen LogP contribution in [-0.4, -0.2) is 33.6 Å². The van der Waals surface area contributed by atoms with Gasteiger partial charge in [-0.25, -0.2) is 9.78 Å². The Morgan fingerprint density at radius 2 is 2.11 bits per heavy atom. The number of nitrogens with one attached hydrogen (secondary N) is 1. The zero-order chi connectivity index (χ0) is 14.5. The fourth-order valence-corrected chi connectivity index (χ4v) is 2.78. The molecule has 1 aromatic rings. The summed E-state index contributed by atoms with van der Waals surface area (Å²) in [7, 11) is 0. The van der Waals surface area contributed by atoms with Crippen molar-refractivity contribution in [3.8, 4) is 0 Å². The van der Waals surface area contributed by atoms with Crippen LogP contribution < -0.4 is 5.32 Å². The lowest BCUT2D eigenvalue weighted by Crippen LogP contribution is -2.32. The van der Waals surface area contributed by atoms with E-state index in [2.05, 4.69) is 30.4 Å². The molecule has 0 saturated carbocycles. The first-order valence-electron chi connectivity index (χ1n) is 6.17. The number of aromatic carboxylic acids is 1. The van der Waals surface area contributed by atoms with E-state index in [1.54, 1.807) is 12.1 Å². The zero-order valence-electron chi connectivity index (χ0n) is 11.4. The van der Waals surface area contributed by atoms with E-state index in [0.29, 0.717) is 5.82 Å². The van der Waals surface area contributed by atoms with Crippen molar-refractivity contribution in [3.05, 3.63) is 22.8 Å². The van der Waals surface area contributed by atoms with Crippen molar-refractivity contribution in [3.63, 3.8) is 0 Å². The quantitative estimate of drug-likeness (QED) is 0.803. The highest BCUT2D eigenvalue weighted by Crippen LogP contribution is 2.30. The van der Waals surface area contributed by atoms with Crippen LogP contribution in [0.3, 0.4) is 0 Å². The lowest BCUT2D eigenvalue weighted by atomic mass is 10.0. The third-order valence-corrected chi connectivity index (χ3v) is 5.25. The molecule has 0 atom stereocenters. The largest absolute Gasteiger partial charge is 0.476 e. The number of hydrogen-bond donors (Lipinski definition) is 2. The van der Waals surface area contributed by atoms with Crippen LogP contribution in [0, 0.1) is 0 Å². The monoisotopic (exact) mass is 302 g/mol. The van der Waals surface area contributed by atoms with Crippen molar-refractivity contribution in [2.75, 3.05) is 18.1 Å². The van der Waals surface area contributed by atoms with Gasteiger partial charge < -0.3 is 10.4 Å². The molecule has 6 heteroatoms. The van der Waals surface area contributed by atoms with Crippen molar-refractivity contribution in [1.29, 1.82) is 0 Å². The number of pyridine rings is 1. The fourth-order valence-electron chi connectivity index (χ4n) is 1.80. The van der Waals surface area contributed by atoms with Gasteiger partial charge in [-0.05, 0) is 31.2 Å². The lowest BCUT2D eigenvalue weighted by molar-refractivity contribution is 0.0691. The fraction of sp³-hybridized carbons (Fsp3) is 0.538. The molecule has 0 radical (unpaired) electrons. The summed E-state index contributed by atoms with van der Waals surface area (Å²) in [4.78, 5) is 15.0. The van der Waals surface area contributed by atoms with E-state index >= 15 is 0 Å². The van der Waals surface area contributed by atoms with Crippen molar-refractivity contribution < 1.29 is 9.90 Å². The molecule has 0 fully saturated rings. The Labute approximate surface area is 123 Å².